The lowest BCUT2D eigenvalue weighted by Crippen LogP contribution is -2.32. The zero-order chi connectivity index (χ0) is 27.4. The average Bonchev–Trinajstić information content (AvgIpc) is 3.30. The first-order valence-electron chi connectivity index (χ1n) is 11.7. The molecule has 0 aliphatic carbocycles. The predicted octanol–water partition coefficient (Wildman–Crippen LogP) is 5.61. The van der Waals surface area contributed by atoms with Crippen molar-refractivity contribution >= 4 is 28.4 Å². The number of halogens is 4. The van der Waals surface area contributed by atoms with Crippen LogP contribution in [0.3, 0.4) is 0 Å². The molecule has 0 saturated carbocycles. The van der Waals surface area contributed by atoms with E-state index in [0.29, 0.717) is 34.6 Å². The number of nitrogens with one attached hydrogen (secondary N) is 1. The van der Waals surface area contributed by atoms with E-state index in [1.54, 1.807) is 17.7 Å². The van der Waals surface area contributed by atoms with E-state index in [2.05, 4.69) is 25.1 Å². The number of rotatable bonds is 10. The highest BCUT2D eigenvalue weighted by molar-refractivity contribution is 6.31. The second-order valence-corrected chi connectivity index (χ2v) is 8.91. The number of alkyl halides is 2. The summed E-state index contributed by atoms with van der Waals surface area (Å²) < 4.78 is 50.9. The van der Waals surface area contributed by atoms with Gasteiger partial charge in [-0.2, -0.15) is 13.9 Å². The summed E-state index contributed by atoms with van der Waals surface area (Å²) in [5.74, 6) is -0.217. The van der Waals surface area contributed by atoms with Gasteiger partial charge in [0.2, 0.25) is 5.91 Å². The molecule has 0 aliphatic heterocycles. The van der Waals surface area contributed by atoms with Crippen LogP contribution >= 0.6 is 11.6 Å². The molecule has 1 atom stereocenters. The topological polar surface area (TPSA) is 91.2 Å². The summed E-state index contributed by atoms with van der Waals surface area (Å²) in [5.41, 5.74) is 2.91. The summed E-state index contributed by atoms with van der Waals surface area (Å²) in [6.45, 7) is 1.47. The second-order valence-electron chi connectivity index (χ2n) is 8.50. The Kier molecular flexibility index (Phi) is 8.48. The Labute approximate surface area is 221 Å². The summed E-state index contributed by atoms with van der Waals surface area (Å²) >= 11 is 6.40. The molecule has 2 heterocycles. The molecule has 2 aromatic heterocycles. The highest BCUT2D eigenvalue weighted by Gasteiger charge is 2.22. The van der Waals surface area contributed by atoms with Crippen molar-refractivity contribution in [2.45, 2.75) is 46.5 Å². The van der Waals surface area contributed by atoms with Crippen molar-refractivity contribution in [3.63, 3.8) is 0 Å². The second kappa shape index (κ2) is 11.8. The highest BCUT2D eigenvalue weighted by atomic mass is 35.5. The first-order chi connectivity index (χ1) is 18.2. The van der Waals surface area contributed by atoms with Gasteiger partial charge in [-0.15, -0.1) is 0 Å². The van der Waals surface area contributed by atoms with Crippen LogP contribution in [0.15, 0.2) is 42.7 Å². The number of aryl methyl sites for hydroxylation is 2. The van der Waals surface area contributed by atoms with Crippen LogP contribution in [-0.4, -0.2) is 38.9 Å². The van der Waals surface area contributed by atoms with Crippen LogP contribution in [0.4, 0.5) is 13.2 Å². The molecule has 2 aromatic carbocycles. The van der Waals surface area contributed by atoms with E-state index in [-0.39, 0.29) is 11.6 Å². The van der Waals surface area contributed by atoms with Crippen molar-refractivity contribution < 1.29 is 27.4 Å². The number of benzene rings is 2. The minimum Gasteiger partial charge on any atom is -0.487 e. The van der Waals surface area contributed by atoms with Gasteiger partial charge >= 0.3 is 6.61 Å². The van der Waals surface area contributed by atoms with E-state index < -0.39 is 31.0 Å². The fraction of sp³-hybridized carbons (Fsp3) is 0.308. The van der Waals surface area contributed by atoms with Gasteiger partial charge in [0, 0.05) is 16.6 Å². The van der Waals surface area contributed by atoms with Crippen LogP contribution in [0, 0.1) is 19.7 Å². The van der Waals surface area contributed by atoms with Crippen LogP contribution in [0.2, 0.25) is 5.02 Å². The number of fused-ring (bicyclic) bond motifs is 1. The molecule has 0 spiro atoms. The normalized spacial score (nSPS) is 12.2. The van der Waals surface area contributed by atoms with Gasteiger partial charge in [0.25, 0.3) is 0 Å². The molecule has 0 aliphatic rings. The van der Waals surface area contributed by atoms with Crippen molar-refractivity contribution in [3.8, 4) is 11.4 Å². The van der Waals surface area contributed by atoms with Crippen molar-refractivity contribution in [3.05, 3.63) is 76.2 Å². The largest absolute Gasteiger partial charge is 0.487 e. The lowest BCUT2D eigenvalue weighted by molar-refractivity contribution is -0.152. The van der Waals surface area contributed by atoms with Crippen LogP contribution in [0.5, 0.6) is 5.75 Å². The van der Waals surface area contributed by atoms with E-state index in [1.165, 1.54) is 12.4 Å². The van der Waals surface area contributed by atoms with Gasteiger partial charge < -0.3 is 14.8 Å². The monoisotopic (exact) mass is 547 g/mol. The van der Waals surface area contributed by atoms with Crippen LogP contribution < -0.4 is 10.1 Å². The van der Waals surface area contributed by atoms with E-state index in [0.717, 1.165) is 22.8 Å². The summed E-state index contributed by atoms with van der Waals surface area (Å²) in [6, 6.07) is 9.03. The molecule has 1 N–H and O–H groups in total. The third-order valence-corrected chi connectivity index (χ3v) is 6.22. The highest BCUT2D eigenvalue weighted by Crippen LogP contribution is 2.33. The smallest absolute Gasteiger partial charge is 0.345 e. The number of carbonyl (C=O) groups is 1. The van der Waals surface area contributed by atoms with E-state index in [4.69, 9.17) is 16.3 Å². The Morgan fingerprint density at radius 1 is 1.21 bits per heavy atom. The lowest BCUT2D eigenvalue weighted by atomic mass is 9.98. The minimum atomic E-state index is -3.08. The molecule has 4 aromatic rings. The number of hydrogen-bond donors (Lipinski definition) is 1. The third kappa shape index (κ3) is 6.05. The molecule has 0 radical (unpaired) electrons. The number of hydrogen-bond acceptors (Lipinski definition) is 6. The molecule has 12 heteroatoms. The SMILES string of the molecule is CC[C@H](NC(=O)COC(F)F)c1cc(F)cc(Cl)c1COc1cccc2c(-n3ncnc3C)cc(C)nc12. The molecule has 0 fully saturated rings. The molecule has 0 saturated heterocycles. The van der Waals surface area contributed by atoms with Gasteiger partial charge in [0.15, 0.2) is 0 Å². The molecule has 38 heavy (non-hydrogen) atoms. The zero-order valence-corrected chi connectivity index (χ0v) is 21.6. The van der Waals surface area contributed by atoms with Gasteiger partial charge in [-0.05, 0) is 50.1 Å². The Balaban J connectivity index is 1.67. The molecular weight excluding hydrogens is 523 g/mol. The van der Waals surface area contributed by atoms with Gasteiger partial charge in [-0.25, -0.2) is 19.0 Å². The molecule has 4 rings (SSSR count). The molecule has 8 nitrogen and oxygen atoms in total. The Bertz CT molecular complexity index is 1460. The van der Waals surface area contributed by atoms with E-state index >= 15 is 0 Å². The minimum absolute atomic E-state index is 0.0687. The number of aromatic nitrogens is 4. The quantitative estimate of drug-likeness (QED) is 0.277. The number of nitrogens with zero attached hydrogens (tertiary/aromatic N) is 4. The van der Waals surface area contributed by atoms with Gasteiger partial charge in [-0.3, -0.25) is 4.79 Å². The van der Waals surface area contributed by atoms with Gasteiger partial charge in [0.05, 0.1) is 16.8 Å². The maximum absolute atomic E-state index is 14.3. The molecular formula is C26H25ClF3N5O3. The maximum atomic E-state index is 14.3. The molecule has 0 bridgehead atoms. The fourth-order valence-corrected chi connectivity index (χ4v) is 4.43. The van der Waals surface area contributed by atoms with Crippen molar-refractivity contribution in [2.75, 3.05) is 6.61 Å². The van der Waals surface area contributed by atoms with Crippen molar-refractivity contribution in [2.24, 2.45) is 0 Å². The fourth-order valence-electron chi connectivity index (χ4n) is 4.17. The number of para-hydroxylation sites is 1. The summed E-state index contributed by atoms with van der Waals surface area (Å²) in [6.07, 6.45) is 1.81. The van der Waals surface area contributed by atoms with Gasteiger partial charge in [-0.1, -0.05) is 30.7 Å². The maximum Gasteiger partial charge on any atom is 0.345 e. The standard InChI is InChI=1S/C26H25ClF3N5O3/c1-4-21(34-24(36)12-38-26(29)30)18-9-16(28)10-20(27)19(18)11-37-23-7-5-6-17-22(8-14(2)33-25(17)23)35-15(3)31-13-32-35/h5-10,13,21,26H,4,11-12H2,1-3H3,(H,34,36)/t21-/m0/s1. The summed E-state index contributed by atoms with van der Waals surface area (Å²) in [5, 5.41) is 7.78. The predicted molar refractivity (Wildman–Crippen MR) is 135 cm³/mol. The summed E-state index contributed by atoms with van der Waals surface area (Å²) in [4.78, 5) is 21.0. The average molecular weight is 548 g/mol. The number of carbonyl (C=O) groups excluding carboxylic acids is 1. The molecule has 1 amide bonds. The van der Waals surface area contributed by atoms with Crippen molar-refractivity contribution in [1.82, 2.24) is 25.1 Å². The number of amides is 1. The Hall–Kier alpha value is -3.70. The van der Waals surface area contributed by atoms with Gasteiger partial charge in [0.1, 0.15) is 42.4 Å². The zero-order valence-electron chi connectivity index (χ0n) is 20.8. The third-order valence-electron chi connectivity index (χ3n) is 5.88. The van der Waals surface area contributed by atoms with Crippen molar-refractivity contribution in [1.29, 1.82) is 0 Å². The first kappa shape index (κ1) is 27.3. The van der Waals surface area contributed by atoms with Crippen LogP contribution in [0.1, 0.15) is 42.0 Å². The Morgan fingerprint density at radius 3 is 2.68 bits per heavy atom. The van der Waals surface area contributed by atoms with E-state index in [1.807, 2.05) is 32.0 Å². The summed E-state index contributed by atoms with van der Waals surface area (Å²) in [7, 11) is 0. The lowest BCUT2D eigenvalue weighted by Gasteiger charge is -2.22. The number of ether oxygens (including phenoxy) is 2. The number of pyridine rings is 1. The van der Waals surface area contributed by atoms with E-state index in [9.17, 15) is 18.0 Å². The first-order valence-corrected chi connectivity index (χ1v) is 12.1. The molecule has 0 unspecified atom stereocenters. The molecule has 200 valence electrons. The van der Waals surface area contributed by atoms with Crippen LogP contribution in [-0.2, 0) is 16.1 Å². The van der Waals surface area contributed by atoms with Crippen LogP contribution in [0.25, 0.3) is 16.6 Å². The Morgan fingerprint density at radius 2 is 2.00 bits per heavy atom.